The Morgan fingerprint density at radius 3 is 2.21 bits per heavy atom. The number of hydrogen-bond acceptors (Lipinski definition) is 3. The molecule has 1 heterocycles. The standard InChI is InChI=1S/C8H10F3NOS/c1-7(13,4-12)5-2-3-6(14-5)8(9,10)11/h2-3,13H,4,12H2,1H3. The number of alkyl halides is 3. The molecule has 0 aliphatic heterocycles. The van der Waals surface area contributed by atoms with Crippen molar-refractivity contribution in [1.82, 2.24) is 0 Å². The lowest BCUT2D eigenvalue weighted by atomic mass is 10.1. The summed E-state index contributed by atoms with van der Waals surface area (Å²) >= 11 is 0.516. The predicted octanol–water partition coefficient (Wildman–Crippen LogP) is 1.93. The Kier molecular flexibility index (Phi) is 2.89. The van der Waals surface area contributed by atoms with E-state index in [1.54, 1.807) is 0 Å². The van der Waals surface area contributed by atoms with E-state index in [1.165, 1.54) is 13.0 Å². The third kappa shape index (κ3) is 2.26. The summed E-state index contributed by atoms with van der Waals surface area (Å²) in [5.41, 5.74) is 3.85. The van der Waals surface area contributed by atoms with Gasteiger partial charge in [0, 0.05) is 11.4 Å². The average Bonchev–Trinajstić information content (AvgIpc) is 2.51. The molecule has 6 heteroatoms. The molecule has 2 nitrogen and oxygen atoms in total. The van der Waals surface area contributed by atoms with Crippen LogP contribution in [0.3, 0.4) is 0 Å². The zero-order valence-corrected chi connectivity index (χ0v) is 8.25. The monoisotopic (exact) mass is 225 g/mol. The van der Waals surface area contributed by atoms with Crippen LogP contribution in [0, 0.1) is 0 Å². The maximum atomic E-state index is 12.2. The minimum Gasteiger partial charge on any atom is -0.383 e. The van der Waals surface area contributed by atoms with Gasteiger partial charge >= 0.3 is 6.18 Å². The van der Waals surface area contributed by atoms with Gasteiger partial charge in [0.05, 0.1) is 0 Å². The van der Waals surface area contributed by atoms with Crippen molar-refractivity contribution in [3.05, 3.63) is 21.9 Å². The number of aliphatic hydroxyl groups is 1. The van der Waals surface area contributed by atoms with E-state index in [0.717, 1.165) is 6.07 Å². The van der Waals surface area contributed by atoms with Crippen LogP contribution in [0.5, 0.6) is 0 Å². The molecule has 0 radical (unpaired) electrons. The number of nitrogens with two attached hydrogens (primary N) is 1. The third-order valence-corrected chi connectivity index (χ3v) is 3.20. The van der Waals surface area contributed by atoms with E-state index >= 15 is 0 Å². The van der Waals surface area contributed by atoms with Crippen molar-refractivity contribution < 1.29 is 18.3 Å². The second-order valence-electron chi connectivity index (χ2n) is 3.14. The number of rotatable bonds is 2. The Labute approximate surface area is 83.2 Å². The van der Waals surface area contributed by atoms with Crippen molar-refractivity contribution in [2.75, 3.05) is 6.54 Å². The summed E-state index contributed by atoms with van der Waals surface area (Å²) in [4.78, 5) is -0.492. The highest BCUT2D eigenvalue weighted by molar-refractivity contribution is 7.12. The van der Waals surface area contributed by atoms with E-state index in [0.29, 0.717) is 11.3 Å². The molecule has 0 bridgehead atoms. The first-order chi connectivity index (χ1) is 6.27. The minimum absolute atomic E-state index is 0.106. The fraction of sp³-hybridized carbons (Fsp3) is 0.500. The van der Waals surface area contributed by atoms with Crippen LogP contribution in [-0.4, -0.2) is 11.7 Å². The molecule has 0 amide bonds. The summed E-state index contributed by atoms with van der Waals surface area (Å²) in [5.74, 6) is 0. The Balaban J connectivity index is 3.00. The van der Waals surface area contributed by atoms with E-state index in [9.17, 15) is 18.3 Å². The Hall–Kier alpha value is -0.590. The maximum Gasteiger partial charge on any atom is 0.425 e. The summed E-state index contributed by atoms with van der Waals surface area (Å²) in [5, 5.41) is 9.59. The highest BCUT2D eigenvalue weighted by atomic mass is 32.1. The van der Waals surface area contributed by atoms with Crippen molar-refractivity contribution in [2.24, 2.45) is 5.73 Å². The van der Waals surface area contributed by atoms with Crippen LogP contribution in [0.1, 0.15) is 16.7 Å². The van der Waals surface area contributed by atoms with Gasteiger partial charge in [-0.1, -0.05) is 0 Å². The molecule has 1 atom stereocenters. The summed E-state index contributed by atoms with van der Waals surface area (Å²) in [6.45, 7) is 1.28. The molecule has 0 aliphatic carbocycles. The largest absolute Gasteiger partial charge is 0.425 e. The molecule has 14 heavy (non-hydrogen) atoms. The van der Waals surface area contributed by atoms with Gasteiger partial charge in [0.2, 0.25) is 0 Å². The van der Waals surface area contributed by atoms with E-state index in [4.69, 9.17) is 5.73 Å². The molecule has 1 unspecified atom stereocenters. The molecule has 1 aromatic heterocycles. The molecule has 0 saturated carbocycles. The molecule has 0 saturated heterocycles. The van der Waals surface area contributed by atoms with Crippen molar-refractivity contribution in [3.8, 4) is 0 Å². The quantitative estimate of drug-likeness (QED) is 0.807. The molecular formula is C8H10F3NOS. The second-order valence-corrected chi connectivity index (χ2v) is 4.22. The Morgan fingerprint density at radius 2 is 1.86 bits per heavy atom. The van der Waals surface area contributed by atoms with Gasteiger partial charge < -0.3 is 10.8 Å². The van der Waals surface area contributed by atoms with Gasteiger partial charge in [-0.3, -0.25) is 0 Å². The van der Waals surface area contributed by atoms with Crippen LogP contribution >= 0.6 is 11.3 Å². The van der Waals surface area contributed by atoms with E-state index < -0.39 is 16.7 Å². The van der Waals surface area contributed by atoms with Crippen LogP contribution in [0.4, 0.5) is 13.2 Å². The first kappa shape index (κ1) is 11.5. The molecule has 0 aromatic carbocycles. The third-order valence-electron chi connectivity index (χ3n) is 1.81. The summed E-state index contributed by atoms with van der Waals surface area (Å²) < 4.78 is 36.6. The average molecular weight is 225 g/mol. The topological polar surface area (TPSA) is 46.2 Å². The summed E-state index contributed by atoms with van der Waals surface area (Å²) in [7, 11) is 0. The predicted molar refractivity (Wildman–Crippen MR) is 47.9 cm³/mol. The second kappa shape index (κ2) is 3.52. The van der Waals surface area contributed by atoms with E-state index in [-0.39, 0.29) is 11.4 Å². The number of thiophene rings is 1. The molecule has 0 aliphatic rings. The minimum atomic E-state index is -4.35. The summed E-state index contributed by atoms with van der Waals surface area (Å²) in [6, 6.07) is 2.20. The normalized spacial score (nSPS) is 16.7. The lowest BCUT2D eigenvalue weighted by molar-refractivity contribution is -0.134. The van der Waals surface area contributed by atoms with E-state index in [2.05, 4.69) is 0 Å². The van der Waals surface area contributed by atoms with Gasteiger partial charge in [0.25, 0.3) is 0 Å². The van der Waals surface area contributed by atoms with Gasteiger partial charge in [-0.15, -0.1) is 11.3 Å². The summed E-state index contributed by atoms with van der Waals surface area (Å²) in [6.07, 6.45) is -4.35. The van der Waals surface area contributed by atoms with Crippen molar-refractivity contribution >= 4 is 11.3 Å². The van der Waals surface area contributed by atoms with Crippen LogP contribution in [-0.2, 0) is 11.8 Å². The van der Waals surface area contributed by atoms with Gasteiger partial charge in [-0.2, -0.15) is 13.2 Å². The van der Waals surface area contributed by atoms with Crippen LogP contribution in [0.2, 0.25) is 0 Å². The molecule has 1 aromatic rings. The molecule has 3 N–H and O–H groups in total. The zero-order valence-electron chi connectivity index (χ0n) is 7.43. The first-order valence-electron chi connectivity index (χ1n) is 3.87. The van der Waals surface area contributed by atoms with E-state index in [1.807, 2.05) is 0 Å². The highest BCUT2D eigenvalue weighted by Crippen LogP contribution is 2.37. The number of hydrogen-bond donors (Lipinski definition) is 2. The van der Waals surface area contributed by atoms with Gasteiger partial charge in [-0.25, -0.2) is 0 Å². The van der Waals surface area contributed by atoms with Crippen LogP contribution < -0.4 is 5.73 Å². The molecule has 0 spiro atoms. The van der Waals surface area contributed by atoms with Crippen LogP contribution in [0.15, 0.2) is 12.1 Å². The molecule has 80 valence electrons. The fourth-order valence-corrected chi connectivity index (χ4v) is 1.81. The molecular weight excluding hydrogens is 215 g/mol. The smallest absolute Gasteiger partial charge is 0.383 e. The Bertz CT molecular complexity index is 319. The van der Waals surface area contributed by atoms with Gasteiger partial charge in [-0.05, 0) is 19.1 Å². The van der Waals surface area contributed by atoms with Crippen molar-refractivity contribution in [3.63, 3.8) is 0 Å². The first-order valence-corrected chi connectivity index (χ1v) is 4.69. The van der Waals surface area contributed by atoms with Gasteiger partial charge in [0.15, 0.2) is 0 Å². The highest BCUT2D eigenvalue weighted by Gasteiger charge is 2.34. The van der Waals surface area contributed by atoms with Crippen LogP contribution in [0.25, 0.3) is 0 Å². The number of halogens is 3. The van der Waals surface area contributed by atoms with Crippen molar-refractivity contribution in [1.29, 1.82) is 0 Å². The SMILES string of the molecule is CC(O)(CN)c1ccc(C(F)(F)F)s1. The van der Waals surface area contributed by atoms with Gasteiger partial charge in [0.1, 0.15) is 10.5 Å². The Morgan fingerprint density at radius 1 is 1.36 bits per heavy atom. The van der Waals surface area contributed by atoms with Crippen molar-refractivity contribution in [2.45, 2.75) is 18.7 Å². The molecule has 1 rings (SSSR count). The lowest BCUT2D eigenvalue weighted by Gasteiger charge is -2.18. The fourth-order valence-electron chi connectivity index (χ4n) is 0.880. The lowest BCUT2D eigenvalue weighted by Crippen LogP contribution is -2.30. The zero-order chi connectivity index (χ0) is 11.0. The molecule has 0 fully saturated rings. The maximum absolute atomic E-state index is 12.2.